The Hall–Kier alpha value is -2.96. The third-order valence-electron chi connectivity index (χ3n) is 5.69. The van der Waals surface area contributed by atoms with E-state index in [0.29, 0.717) is 23.4 Å². The molecule has 1 fully saturated rings. The zero-order chi connectivity index (χ0) is 20.4. The fourth-order valence-corrected chi connectivity index (χ4v) is 4.00. The molecule has 7 heteroatoms. The number of nitrogens with one attached hydrogen (secondary N) is 1. The molecule has 7 nitrogen and oxygen atoms in total. The first-order valence-corrected chi connectivity index (χ1v) is 10.3. The largest absolute Gasteiger partial charge is 0.353 e. The van der Waals surface area contributed by atoms with Gasteiger partial charge in [0.05, 0.1) is 11.9 Å². The molecule has 0 bridgehead atoms. The van der Waals surface area contributed by atoms with Gasteiger partial charge in [0.1, 0.15) is 11.2 Å². The third-order valence-corrected chi connectivity index (χ3v) is 5.69. The van der Waals surface area contributed by atoms with E-state index >= 15 is 0 Å². The number of hydrogen-bond acceptors (Lipinski definition) is 4. The second-order valence-electron chi connectivity index (χ2n) is 7.90. The van der Waals surface area contributed by atoms with Gasteiger partial charge in [-0.25, -0.2) is 9.67 Å². The van der Waals surface area contributed by atoms with E-state index in [9.17, 15) is 9.59 Å². The molecule has 0 saturated heterocycles. The van der Waals surface area contributed by atoms with Crippen LogP contribution in [0.2, 0.25) is 0 Å². The van der Waals surface area contributed by atoms with Gasteiger partial charge in [0.25, 0.3) is 5.56 Å². The summed E-state index contributed by atoms with van der Waals surface area (Å²) in [5.41, 5.74) is 2.40. The zero-order valence-corrected chi connectivity index (χ0v) is 17.0. The van der Waals surface area contributed by atoms with Gasteiger partial charge in [-0.2, -0.15) is 5.10 Å². The molecule has 1 saturated carbocycles. The van der Waals surface area contributed by atoms with Crippen molar-refractivity contribution in [3.63, 3.8) is 0 Å². The number of amides is 1. The summed E-state index contributed by atoms with van der Waals surface area (Å²) in [6, 6.07) is 8.20. The van der Waals surface area contributed by atoms with E-state index in [-0.39, 0.29) is 23.9 Å². The van der Waals surface area contributed by atoms with Crippen LogP contribution in [0.3, 0.4) is 0 Å². The molecule has 29 heavy (non-hydrogen) atoms. The summed E-state index contributed by atoms with van der Waals surface area (Å²) in [6.07, 6.45) is 7.54. The predicted molar refractivity (Wildman–Crippen MR) is 112 cm³/mol. The van der Waals surface area contributed by atoms with Gasteiger partial charge in [-0.1, -0.05) is 37.0 Å². The molecule has 1 aliphatic carbocycles. The van der Waals surface area contributed by atoms with E-state index in [0.717, 1.165) is 24.1 Å². The minimum atomic E-state index is -0.156. The summed E-state index contributed by atoms with van der Waals surface area (Å²) in [6.45, 7) is 4.14. The van der Waals surface area contributed by atoms with E-state index in [1.54, 1.807) is 22.4 Å². The van der Waals surface area contributed by atoms with Crippen LogP contribution >= 0.6 is 0 Å². The Morgan fingerprint density at radius 3 is 2.59 bits per heavy atom. The lowest BCUT2D eigenvalue weighted by atomic mass is 9.95. The molecule has 0 atom stereocenters. The highest BCUT2D eigenvalue weighted by molar-refractivity contribution is 5.77. The Morgan fingerprint density at radius 1 is 1.14 bits per heavy atom. The number of hydrogen-bond donors (Lipinski definition) is 1. The predicted octanol–water partition coefficient (Wildman–Crippen LogP) is 3.04. The van der Waals surface area contributed by atoms with E-state index in [2.05, 4.69) is 15.4 Å². The quantitative estimate of drug-likeness (QED) is 0.722. The second-order valence-corrected chi connectivity index (χ2v) is 7.90. The van der Waals surface area contributed by atoms with Gasteiger partial charge >= 0.3 is 0 Å². The summed E-state index contributed by atoms with van der Waals surface area (Å²) < 4.78 is 3.26. The van der Waals surface area contributed by atoms with Crippen LogP contribution in [0.4, 0.5) is 0 Å². The lowest BCUT2D eigenvalue weighted by Crippen LogP contribution is -2.37. The number of nitrogens with zero attached hydrogens (tertiary/aromatic N) is 4. The topological polar surface area (TPSA) is 81.8 Å². The number of aromatic nitrogens is 4. The minimum absolute atomic E-state index is 0.00125. The highest BCUT2D eigenvalue weighted by atomic mass is 16.2. The van der Waals surface area contributed by atoms with Gasteiger partial charge in [-0.05, 0) is 38.8 Å². The maximum Gasteiger partial charge on any atom is 0.264 e. The average Bonchev–Trinajstić information content (AvgIpc) is 3.13. The first kappa shape index (κ1) is 19.4. The van der Waals surface area contributed by atoms with Gasteiger partial charge in [-0.15, -0.1) is 0 Å². The normalized spacial score (nSPS) is 15.0. The molecule has 152 valence electrons. The van der Waals surface area contributed by atoms with Crippen LogP contribution in [-0.2, 0) is 11.3 Å². The van der Waals surface area contributed by atoms with Crippen molar-refractivity contribution in [3.05, 3.63) is 52.2 Å². The summed E-state index contributed by atoms with van der Waals surface area (Å²) in [5.74, 6) is 0.584. The molecule has 4 rings (SSSR count). The maximum atomic E-state index is 13.0. The summed E-state index contributed by atoms with van der Waals surface area (Å²) in [7, 11) is 0. The first-order chi connectivity index (χ1) is 14.0. The summed E-state index contributed by atoms with van der Waals surface area (Å²) >= 11 is 0. The van der Waals surface area contributed by atoms with Crippen molar-refractivity contribution >= 4 is 16.9 Å². The molecule has 0 radical (unpaired) electrons. The minimum Gasteiger partial charge on any atom is -0.353 e. The number of carbonyl (C=O) groups is 1. The molecule has 1 N–H and O–H groups in total. The van der Waals surface area contributed by atoms with Crippen molar-refractivity contribution in [2.45, 2.75) is 65.0 Å². The molecule has 2 aromatic heterocycles. The van der Waals surface area contributed by atoms with Gasteiger partial charge in [0.2, 0.25) is 5.91 Å². The number of rotatable bonds is 5. The molecule has 0 aliphatic heterocycles. The maximum absolute atomic E-state index is 13.0. The lowest BCUT2D eigenvalue weighted by Gasteiger charge is -2.22. The fourth-order valence-electron chi connectivity index (χ4n) is 4.00. The molecule has 3 aromatic rings. The van der Waals surface area contributed by atoms with Gasteiger partial charge in [0, 0.05) is 19.0 Å². The van der Waals surface area contributed by atoms with Crippen LogP contribution in [-0.4, -0.2) is 31.3 Å². The second kappa shape index (κ2) is 8.19. The zero-order valence-electron chi connectivity index (χ0n) is 17.0. The molecular formula is C22H27N5O2. The van der Waals surface area contributed by atoms with Gasteiger partial charge in [0.15, 0.2) is 5.65 Å². The van der Waals surface area contributed by atoms with Crippen LogP contribution < -0.4 is 10.9 Å². The van der Waals surface area contributed by atoms with Gasteiger partial charge < -0.3 is 5.32 Å². The molecule has 0 spiro atoms. The Kier molecular flexibility index (Phi) is 5.47. The van der Waals surface area contributed by atoms with Crippen molar-refractivity contribution in [1.82, 2.24) is 24.6 Å². The lowest BCUT2D eigenvalue weighted by molar-refractivity contribution is -0.122. The van der Waals surface area contributed by atoms with E-state index < -0.39 is 0 Å². The molecule has 1 aromatic carbocycles. The Labute approximate surface area is 169 Å². The highest BCUT2D eigenvalue weighted by Gasteiger charge is 2.17. The van der Waals surface area contributed by atoms with Crippen LogP contribution in [0.1, 0.15) is 49.9 Å². The molecular weight excluding hydrogens is 366 g/mol. The highest BCUT2D eigenvalue weighted by Crippen LogP contribution is 2.18. The summed E-state index contributed by atoms with van der Waals surface area (Å²) in [4.78, 5) is 29.9. The smallest absolute Gasteiger partial charge is 0.264 e. The first-order valence-electron chi connectivity index (χ1n) is 10.3. The Morgan fingerprint density at radius 2 is 1.86 bits per heavy atom. The number of aryl methyl sites for hydroxylation is 2. The van der Waals surface area contributed by atoms with E-state index in [1.807, 2.05) is 31.2 Å². The van der Waals surface area contributed by atoms with Crippen LogP contribution in [0.15, 0.2) is 35.3 Å². The molecule has 1 amide bonds. The van der Waals surface area contributed by atoms with Crippen molar-refractivity contribution in [3.8, 4) is 5.69 Å². The van der Waals surface area contributed by atoms with Crippen molar-refractivity contribution in [2.75, 3.05) is 0 Å². The number of benzene rings is 1. The Balaban J connectivity index is 1.54. The van der Waals surface area contributed by atoms with Crippen molar-refractivity contribution < 1.29 is 4.79 Å². The van der Waals surface area contributed by atoms with E-state index in [1.165, 1.54) is 19.3 Å². The number of fused-ring (bicyclic) bond motifs is 1. The molecule has 2 heterocycles. The summed E-state index contributed by atoms with van der Waals surface area (Å²) in [5, 5.41) is 7.94. The van der Waals surface area contributed by atoms with Crippen LogP contribution in [0, 0.1) is 13.8 Å². The molecule has 1 aliphatic rings. The monoisotopic (exact) mass is 393 g/mol. The van der Waals surface area contributed by atoms with Crippen LogP contribution in [0.25, 0.3) is 16.7 Å². The van der Waals surface area contributed by atoms with Crippen molar-refractivity contribution in [1.29, 1.82) is 0 Å². The van der Waals surface area contributed by atoms with Gasteiger partial charge in [-0.3, -0.25) is 14.2 Å². The standard InChI is InChI=1S/C22H27N5O2/c1-15-8-10-18(11-9-15)27-21-19(14-23-27)22(29)26(16(2)24-21)13-12-20(28)25-17-6-4-3-5-7-17/h8-11,14,17H,3-7,12-13H2,1-2H3,(H,25,28). The average molecular weight is 393 g/mol. The SMILES string of the molecule is Cc1ccc(-n2ncc3c(=O)n(CCC(=O)NC4CCCCC4)c(C)nc32)cc1. The molecule has 0 unspecified atom stereocenters. The fraction of sp³-hybridized carbons (Fsp3) is 0.455. The van der Waals surface area contributed by atoms with Crippen molar-refractivity contribution in [2.24, 2.45) is 0 Å². The Bertz CT molecular complexity index is 1080. The third kappa shape index (κ3) is 4.09. The van der Waals surface area contributed by atoms with Crippen LogP contribution in [0.5, 0.6) is 0 Å². The number of carbonyl (C=O) groups excluding carboxylic acids is 1. The van der Waals surface area contributed by atoms with E-state index in [4.69, 9.17) is 0 Å².